The van der Waals surface area contributed by atoms with Crippen molar-refractivity contribution in [2.24, 2.45) is 5.41 Å². The number of carboxylic acid groups (broad SMARTS) is 1. The topological polar surface area (TPSA) is 50.2 Å². The van der Waals surface area contributed by atoms with E-state index in [1.54, 1.807) is 26.2 Å². The second kappa shape index (κ2) is 4.46. The van der Waals surface area contributed by atoms with E-state index < -0.39 is 11.4 Å². The average Bonchev–Trinajstić information content (AvgIpc) is 2.16. The molecule has 0 spiro atoms. The first kappa shape index (κ1) is 11.0. The maximum absolute atomic E-state index is 10.8. The van der Waals surface area contributed by atoms with Gasteiger partial charge in [-0.2, -0.15) is 0 Å². The zero-order chi connectivity index (χ0) is 10.6. The van der Waals surface area contributed by atoms with Crippen molar-refractivity contribution in [3.05, 3.63) is 24.5 Å². The Balaban J connectivity index is 2.53. The number of hydrogen-bond donors (Lipinski definition) is 1. The van der Waals surface area contributed by atoms with Crippen molar-refractivity contribution in [2.45, 2.75) is 18.7 Å². The molecule has 0 bridgehead atoms. The van der Waals surface area contributed by atoms with Gasteiger partial charge in [0.1, 0.15) is 0 Å². The normalized spacial score (nSPS) is 11.3. The van der Waals surface area contributed by atoms with E-state index in [1.807, 2.05) is 12.1 Å². The minimum atomic E-state index is -0.770. The molecule has 0 aromatic carbocycles. The number of nitrogens with zero attached hydrogens (tertiary/aromatic N) is 1. The van der Waals surface area contributed by atoms with Gasteiger partial charge in [-0.15, -0.1) is 11.8 Å². The quantitative estimate of drug-likeness (QED) is 0.776. The highest BCUT2D eigenvalue weighted by molar-refractivity contribution is 7.99. The number of carbonyl (C=O) groups is 1. The van der Waals surface area contributed by atoms with Crippen LogP contribution in [0.4, 0.5) is 0 Å². The van der Waals surface area contributed by atoms with Crippen LogP contribution in [0.25, 0.3) is 0 Å². The highest BCUT2D eigenvalue weighted by atomic mass is 32.2. The van der Waals surface area contributed by atoms with Gasteiger partial charge < -0.3 is 5.11 Å². The predicted octanol–water partition coefficient (Wildman–Crippen LogP) is 2.28. The molecule has 0 aliphatic heterocycles. The number of rotatable bonds is 4. The van der Waals surface area contributed by atoms with Gasteiger partial charge in [0, 0.05) is 23.0 Å². The Morgan fingerprint density at radius 1 is 1.64 bits per heavy atom. The lowest BCUT2D eigenvalue weighted by Gasteiger charge is -2.17. The number of thioether (sulfide) groups is 1. The Morgan fingerprint density at radius 3 is 2.86 bits per heavy atom. The summed E-state index contributed by atoms with van der Waals surface area (Å²) in [5.41, 5.74) is -0.694. The Bertz CT molecular complexity index is 311. The summed E-state index contributed by atoms with van der Waals surface area (Å²) in [5.74, 6) is -0.220. The number of hydrogen-bond acceptors (Lipinski definition) is 3. The molecule has 0 radical (unpaired) electrons. The molecule has 0 atom stereocenters. The lowest BCUT2D eigenvalue weighted by molar-refractivity contribution is -0.145. The van der Waals surface area contributed by atoms with Crippen LogP contribution in [0.3, 0.4) is 0 Å². The minimum absolute atomic E-state index is 0.550. The van der Waals surface area contributed by atoms with Gasteiger partial charge in [0.25, 0.3) is 0 Å². The van der Waals surface area contributed by atoms with E-state index in [0.717, 1.165) is 4.90 Å². The summed E-state index contributed by atoms with van der Waals surface area (Å²) in [4.78, 5) is 15.8. The number of aliphatic carboxylic acids is 1. The standard InChI is InChI=1S/C10H13NO2S/c1-10(2,9(12)13)7-14-8-4-3-5-11-6-8/h3-6H,7H2,1-2H3,(H,12,13). The first-order chi connectivity index (χ1) is 6.52. The van der Waals surface area contributed by atoms with Gasteiger partial charge >= 0.3 is 5.97 Å². The molecule has 14 heavy (non-hydrogen) atoms. The van der Waals surface area contributed by atoms with Gasteiger partial charge in [0.05, 0.1) is 5.41 Å². The van der Waals surface area contributed by atoms with Crippen LogP contribution < -0.4 is 0 Å². The zero-order valence-electron chi connectivity index (χ0n) is 8.23. The Morgan fingerprint density at radius 2 is 2.36 bits per heavy atom. The van der Waals surface area contributed by atoms with Crippen LogP contribution >= 0.6 is 11.8 Å². The molecule has 1 aromatic heterocycles. The van der Waals surface area contributed by atoms with Crippen LogP contribution in [-0.2, 0) is 4.79 Å². The summed E-state index contributed by atoms with van der Waals surface area (Å²) < 4.78 is 0. The highest BCUT2D eigenvalue weighted by Crippen LogP contribution is 2.26. The summed E-state index contributed by atoms with van der Waals surface area (Å²) in [6, 6.07) is 3.77. The smallest absolute Gasteiger partial charge is 0.309 e. The third kappa shape index (κ3) is 3.03. The van der Waals surface area contributed by atoms with Crippen LogP contribution in [0.15, 0.2) is 29.4 Å². The Hall–Kier alpha value is -1.03. The zero-order valence-corrected chi connectivity index (χ0v) is 9.04. The van der Waals surface area contributed by atoms with Gasteiger partial charge in [-0.25, -0.2) is 0 Å². The molecule has 3 nitrogen and oxygen atoms in total. The van der Waals surface area contributed by atoms with Gasteiger partial charge in [-0.3, -0.25) is 9.78 Å². The molecule has 1 N–H and O–H groups in total. The summed E-state index contributed by atoms with van der Waals surface area (Å²) in [5, 5.41) is 8.89. The minimum Gasteiger partial charge on any atom is -0.481 e. The monoisotopic (exact) mass is 211 g/mol. The molecular weight excluding hydrogens is 198 g/mol. The SMILES string of the molecule is CC(C)(CSc1cccnc1)C(=O)O. The third-order valence-corrected chi connectivity index (χ3v) is 3.25. The molecule has 76 valence electrons. The molecule has 0 aliphatic carbocycles. The first-order valence-corrected chi connectivity index (χ1v) is 5.27. The molecule has 0 aliphatic rings. The lowest BCUT2D eigenvalue weighted by Crippen LogP contribution is -2.26. The molecule has 0 saturated heterocycles. The Kier molecular flexibility index (Phi) is 3.52. The van der Waals surface area contributed by atoms with E-state index in [2.05, 4.69) is 4.98 Å². The van der Waals surface area contributed by atoms with E-state index in [0.29, 0.717) is 5.75 Å². The van der Waals surface area contributed by atoms with E-state index >= 15 is 0 Å². The molecule has 0 unspecified atom stereocenters. The molecule has 0 fully saturated rings. The summed E-state index contributed by atoms with van der Waals surface area (Å²) in [6.07, 6.45) is 3.44. The molecule has 0 saturated carbocycles. The molecule has 1 rings (SSSR count). The van der Waals surface area contributed by atoms with Gasteiger partial charge in [-0.1, -0.05) is 0 Å². The van der Waals surface area contributed by atoms with Crippen LogP contribution in [0, 0.1) is 5.41 Å². The number of carboxylic acids is 1. The number of aromatic nitrogens is 1. The van der Waals surface area contributed by atoms with Crippen LogP contribution in [0.1, 0.15) is 13.8 Å². The molecule has 0 amide bonds. The highest BCUT2D eigenvalue weighted by Gasteiger charge is 2.26. The van der Waals surface area contributed by atoms with Gasteiger partial charge in [0.2, 0.25) is 0 Å². The van der Waals surface area contributed by atoms with Crippen molar-refractivity contribution < 1.29 is 9.90 Å². The van der Waals surface area contributed by atoms with Gasteiger partial charge in [-0.05, 0) is 26.0 Å². The second-order valence-corrected chi connectivity index (χ2v) is 4.72. The van der Waals surface area contributed by atoms with Crippen LogP contribution in [0.5, 0.6) is 0 Å². The van der Waals surface area contributed by atoms with Crippen molar-refractivity contribution in [3.8, 4) is 0 Å². The fourth-order valence-electron chi connectivity index (χ4n) is 0.758. The van der Waals surface area contributed by atoms with Crippen molar-refractivity contribution >= 4 is 17.7 Å². The largest absolute Gasteiger partial charge is 0.481 e. The number of pyridine rings is 1. The third-order valence-electron chi connectivity index (χ3n) is 1.81. The molecule has 1 heterocycles. The van der Waals surface area contributed by atoms with E-state index in [9.17, 15) is 4.79 Å². The van der Waals surface area contributed by atoms with Crippen LogP contribution in [0.2, 0.25) is 0 Å². The van der Waals surface area contributed by atoms with E-state index in [1.165, 1.54) is 11.8 Å². The maximum Gasteiger partial charge on any atom is 0.309 e. The first-order valence-electron chi connectivity index (χ1n) is 4.28. The van der Waals surface area contributed by atoms with E-state index in [-0.39, 0.29) is 0 Å². The molecule has 1 aromatic rings. The van der Waals surface area contributed by atoms with Gasteiger partial charge in [0.15, 0.2) is 0 Å². The fraction of sp³-hybridized carbons (Fsp3) is 0.400. The van der Waals surface area contributed by atoms with E-state index in [4.69, 9.17) is 5.11 Å². The summed E-state index contributed by atoms with van der Waals surface area (Å²) in [6.45, 7) is 3.44. The van der Waals surface area contributed by atoms with Crippen molar-refractivity contribution in [2.75, 3.05) is 5.75 Å². The average molecular weight is 211 g/mol. The van der Waals surface area contributed by atoms with Crippen LogP contribution in [-0.4, -0.2) is 21.8 Å². The van der Waals surface area contributed by atoms with Crippen molar-refractivity contribution in [1.29, 1.82) is 0 Å². The summed E-state index contributed by atoms with van der Waals surface area (Å²) in [7, 11) is 0. The molecule has 4 heteroatoms. The molecular formula is C10H13NO2S. The predicted molar refractivity (Wildman–Crippen MR) is 56.4 cm³/mol. The second-order valence-electron chi connectivity index (χ2n) is 3.67. The van der Waals surface area contributed by atoms with Crippen molar-refractivity contribution in [1.82, 2.24) is 4.98 Å². The Labute approximate surface area is 87.6 Å². The lowest BCUT2D eigenvalue weighted by atomic mass is 9.97. The fourth-order valence-corrected chi connectivity index (χ4v) is 1.72. The summed E-state index contributed by atoms with van der Waals surface area (Å²) >= 11 is 1.51. The maximum atomic E-state index is 10.8. The van der Waals surface area contributed by atoms with Crippen molar-refractivity contribution in [3.63, 3.8) is 0 Å².